The van der Waals surface area contributed by atoms with Gasteiger partial charge >= 0.3 is 0 Å². The Morgan fingerprint density at radius 2 is 1.69 bits per heavy atom. The monoisotopic (exact) mass is 420 g/mol. The van der Waals surface area contributed by atoms with E-state index in [1.165, 1.54) is 17.7 Å². The molecule has 1 aromatic carbocycles. The predicted octanol–water partition coefficient (Wildman–Crippen LogP) is 1.67. The summed E-state index contributed by atoms with van der Waals surface area (Å²) in [5, 5.41) is 6.67. The number of carbonyl (C=O) groups excluding carboxylic acids is 2. The summed E-state index contributed by atoms with van der Waals surface area (Å²) in [5.74, 6) is -0.690. The van der Waals surface area contributed by atoms with Gasteiger partial charge in [-0.1, -0.05) is 26.7 Å². The van der Waals surface area contributed by atoms with Crippen LogP contribution in [0.5, 0.6) is 0 Å². The number of hydrogen-bond acceptors (Lipinski definition) is 5. The minimum Gasteiger partial charge on any atom is -0.343 e. The van der Waals surface area contributed by atoms with E-state index in [-0.39, 0.29) is 43.0 Å². The van der Waals surface area contributed by atoms with E-state index in [1.807, 2.05) is 0 Å². The topological polar surface area (TPSA) is 101 Å². The summed E-state index contributed by atoms with van der Waals surface area (Å²) in [6.45, 7) is 4.56. The number of hydrogen-bond donors (Lipinski definition) is 1. The van der Waals surface area contributed by atoms with Gasteiger partial charge in [0.25, 0.3) is 5.91 Å². The summed E-state index contributed by atoms with van der Waals surface area (Å²) in [6.07, 6.45) is 6.10. The van der Waals surface area contributed by atoms with Crippen LogP contribution in [-0.4, -0.2) is 66.1 Å². The van der Waals surface area contributed by atoms with Crippen LogP contribution in [0, 0.1) is 0 Å². The molecule has 1 aromatic heterocycles. The molecule has 158 valence electrons. The van der Waals surface area contributed by atoms with Crippen LogP contribution in [-0.2, 0) is 14.6 Å². The molecule has 1 aliphatic heterocycles. The van der Waals surface area contributed by atoms with E-state index in [4.69, 9.17) is 0 Å². The first-order valence-electron chi connectivity index (χ1n) is 9.72. The van der Waals surface area contributed by atoms with Crippen molar-refractivity contribution in [1.29, 1.82) is 0 Å². The molecule has 0 spiro atoms. The summed E-state index contributed by atoms with van der Waals surface area (Å²) in [7, 11) is -3.03. The van der Waals surface area contributed by atoms with Gasteiger partial charge in [0, 0.05) is 31.0 Å². The number of carbonyl (C=O) groups is 2. The molecule has 1 saturated heterocycles. The minimum absolute atomic E-state index is 0.0262. The van der Waals surface area contributed by atoms with Crippen LogP contribution in [0.15, 0.2) is 42.7 Å². The van der Waals surface area contributed by atoms with E-state index in [2.05, 4.69) is 24.3 Å². The van der Waals surface area contributed by atoms with E-state index >= 15 is 0 Å². The molecule has 2 aromatic rings. The number of nitrogens with one attached hydrogen (secondary N) is 1. The van der Waals surface area contributed by atoms with E-state index in [0.29, 0.717) is 5.56 Å². The zero-order chi connectivity index (χ0) is 21.3. The molecule has 1 N–H and O–H groups in total. The third-order valence-corrected chi connectivity index (χ3v) is 6.10. The first kappa shape index (κ1) is 22.6. The quantitative estimate of drug-likeness (QED) is 0.793. The van der Waals surface area contributed by atoms with Crippen molar-refractivity contribution in [2.24, 2.45) is 0 Å². The van der Waals surface area contributed by atoms with Crippen molar-refractivity contribution in [2.75, 3.05) is 31.1 Å². The van der Waals surface area contributed by atoms with Gasteiger partial charge in [0.2, 0.25) is 5.91 Å². The number of unbranched alkanes of at least 4 members (excludes halogenated alkanes) is 1. The van der Waals surface area contributed by atoms with E-state index in [1.54, 1.807) is 47.4 Å². The Labute approximate surface area is 171 Å². The second-order valence-corrected chi connectivity index (χ2v) is 9.02. The molecule has 1 aliphatic rings. The summed E-state index contributed by atoms with van der Waals surface area (Å²) in [6, 6.07) is 8.64. The van der Waals surface area contributed by atoms with Gasteiger partial charge < -0.3 is 10.2 Å². The lowest BCUT2D eigenvalue weighted by Crippen LogP contribution is -2.47. The molecule has 9 heteroatoms. The first-order valence-corrected chi connectivity index (χ1v) is 11.5. The second-order valence-electron chi connectivity index (χ2n) is 6.71. The standard InChI is InChI=1S/C16H18N4O4S.C4H10/c21-15(19-8-10-25(23,24)11-9-19)12-17-16(22)13-2-4-14(5-3-13)20-7-1-6-18-20;1-3-4-2/h1-7H,8-12H2,(H,17,22);3-4H2,1-2H3. The SMILES string of the molecule is CCCC.O=C(NCC(=O)N1CCS(=O)(=O)CC1)c1ccc(-n2cccn2)cc1. The van der Waals surface area contributed by atoms with Gasteiger partial charge in [-0.25, -0.2) is 13.1 Å². The maximum Gasteiger partial charge on any atom is 0.251 e. The molecule has 8 nitrogen and oxygen atoms in total. The lowest BCUT2D eigenvalue weighted by atomic mass is 10.2. The van der Waals surface area contributed by atoms with Crippen LogP contribution < -0.4 is 5.32 Å². The summed E-state index contributed by atoms with van der Waals surface area (Å²) >= 11 is 0. The van der Waals surface area contributed by atoms with Crippen molar-refractivity contribution in [3.8, 4) is 5.69 Å². The zero-order valence-corrected chi connectivity index (χ0v) is 17.7. The normalized spacial score (nSPS) is 15.2. The maximum absolute atomic E-state index is 12.1. The molecule has 2 heterocycles. The second kappa shape index (κ2) is 10.8. The molecule has 0 radical (unpaired) electrons. The summed E-state index contributed by atoms with van der Waals surface area (Å²) in [4.78, 5) is 25.7. The van der Waals surface area contributed by atoms with Crippen LogP contribution in [0.1, 0.15) is 37.0 Å². The highest BCUT2D eigenvalue weighted by molar-refractivity contribution is 7.91. The highest BCUT2D eigenvalue weighted by atomic mass is 32.2. The van der Waals surface area contributed by atoms with E-state index < -0.39 is 9.84 Å². The largest absolute Gasteiger partial charge is 0.343 e. The van der Waals surface area contributed by atoms with Crippen molar-refractivity contribution < 1.29 is 18.0 Å². The molecule has 0 aliphatic carbocycles. The van der Waals surface area contributed by atoms with Crippen LogP contribution >= 0.6 is 0 Å². The number of nitrogens with zero attached hydrogens (tertiary/aromatic N) is 3. The van der Waals surface area contributed by atoms with Gasteiger partial charge in [0.1, 0.15) is 0 Å². The van der Waals surface area contributed by atoms with Gasteiger partial charge in [-0.2, -0.15) is 5.10 Å². The average Bonchev–Trinajstić information content (AvgIpc) is 3.27. The predicted molar refractivity (Wildman–Crippen MR) is 112 cm³/mol. The lowest BCUT2D eigenvalue weighted by Gasteiger charge is -2.26. The zero-order valence-electron chi connectivity index (χ0n) is 16.9. The third kappa shape index (κ3) is 7.01. The fraction of sp³-hybridized carbons (Fsp3) is 0.450. The van der Waals surface area contributed by atoms with Crippen LogP contribution in [0.2, 0.25) is 0 Å². The smallest absolute Gasteiger partial charge is 0.251 e. The van der Waals surface area contributed by atoms with Gasteiger partial charge in [-0.15, -0.1) is 0 Å². The Balaban J connectivity index is 0.000000687. The Kier molecular flexibility index (Phi) is 8.38. The fourth-order valence-corrected chi connectivity index (χ4v) is 3.72. The maximum atomic E-state index is 12.1. The minimum atomic E-state index is -3.03. The molecule has 0 atom stereocenters. The molecule has 0 bridgehead atoms. The van der Waals surface area contributed by atoms with Gasteiger partial charge in [0.15, 0.2) is 9.84 Å². The Bertz CT molecular complexity index is 877. The van der Waals surface area contributed by atoms with Crippen molar-refractivity contribution in [3.05, 3.63) is 48.3 Å². The number of amides is 2. The van der Waals surface area contributed by atoms with E-state index in [9.17, 15) is 18.0 Å². The molecule has 2 amide bonds. The van der Waals surface area contributed by atoms with Crippen molar-refractivity contribution in [3.63, 3.8) is 0 Å². The third-order valence-electron chi connectivity index (χ3n) is 4.50. The highest BCUT2D eigenvalue weighted by Gasteiger charge is 2.25. The molecule has 1 fully saturated rings. The molecule has 3 rings (SSSR count). The molecule has 0 saturated carbocycles. The Morgan fingerprint density at radius 1 is 1.07 bits per heavy atom. The van der Waals surface area contributed by atoms with Crippen LogP contribution in [0.3, 0.4) is 0 Å². The molecular formula is C20H28N4O4S. The molecule has 29 heavy (non-hydrogen) atoms. The molecular weight excluding hydrogens is 392 g/mol. The number of sulfone groups is 1. The summed E-state index contributed by atoms with van der Waals surface area (Å²) < 4.78 is 24.4. The number of benzene rings is 1. The van der Waals surface area contributed by atoms with Crippen molar-refractivity contribution >= 4 is 21.7 Å². The molecule has 0 unspecified atom stereocenters. The first-order chi connectivity index (χ1) is 13.9. The van der Waals surface area contributed by atoms with Crippen LogP contribution in [0.4, 0.5) is 0 Å². The Hall–Kier alpha value is -2.68. The highest BCUT2D eigenvalue weighted by Crippen LogP contribution is 2.09. The Morgan fingerprint density at radius 3 is 2.21 bits per heavy atom. The van der Waals surface area contributed by atoms with E-state index in [0.717, 1.165) is 5.69 Å². The van der Waals surface area contributed by atoms with Crippen LogP contribution in [0.25, 0.3) is 5.69 Å². The number of rotatable bonds is 5. The number of aromatic nitrogens is 2. The van der Waals surface area contributed by atoms with Crippen molar-refractivity contribution in [1.82, 2.24) is 20.0 Å². The average molecular weight is 421 g/mol. The van der Waals surface area contributed by atoms with Crippen molar-refractivity contribution in [2.45, 2.75) is 26.7 Å². The van der Waals surface area contributed by atoms with Gasteiger partial charge in [-0.05, 0) is 30.3 Å². The summed E-state index contributed by atoms with van der Waals surface area (Å²) in [5.41, 5.74) is 1.26. The van der Waals surface area contributed by atoms with Gasteiger partial charge in [-0.3, -0.25) is 9.59 Å². The lowest BCUT2D eigenvalue weighted by molar-refractivity contribution is -0.129. The fourth-order valence-electron chi connectivity index (χ4n) is 2.52. The van der Waals surface area contributed by atoms with Gasteiger partial charge in [0.05, 0.1) is 23.7 Å².